The third-order valence-electron chi connectivity index (χ3n) is 5.88. The lowest BCUT2D eigenvalue weighted by molar-refractivity contribution is 0.0634. The summed E-state index contributed by atoms with van der Waals surface area (Å²) < 4.78 is 0. The Morgan fingerprint density at radius 1 is 0.800 bits per heavy atom. The maximum absolute atomic E-state index is 13.2. The lowest BCUT2D eigenvalue weighted by Crippen LogP contribution is -2.48. The minimum atomic E-state index is 0.161. The van der Waals surface area contributed by atoms with Crippen LogP contribution < -0.4 is 0 Å². The molecule has 1 aliphatic rings. The normalized spacial score (nSPS) is 14.9. The molecule has 3 aromatic carbocycles. The lowest BCUT2D eigenvalue weighted by Gasteiger charge is -2.35. The molecule has 5 rings (SSSR count). The van der Waals surface area contributed by atoms with Gasteiger partial charge in [0, 0.05) is 38.3 Å². The van der Waals surface area contributed by atoms with Crippen LogP contribution in [-0.2, 0) is 6.54 Å². The van der Waals surface area contributed by atoms with Gasteiger partial charge in [-0.15, -0.1) is 11.3 Å². The molecule has 0 bridgehead atoms. The van der Waals surface area contributed by atoms with Crippen molar-refractivity contribution in [3.63, 3.8) is 0 Å². The number of benzene rings is 3. The van der Waals surface area contributed by atoms with E-state index in [2.05, 4.69) is 65.6 Å². The van der Waals surface area contributed by atoms with Crippen LogP contribution in [-0.4, -0.2) is 41.9 Å². The summed E-state index contributed by atoms with van der Waals surface area (Å²) in [6.45, 7) is 4.28. The van der Waals surface area contributed by atoms with Crippen molar-refractivity contribution >= 4 is 28.0 Å². The molecular formula is C26H24N2OS. The topological polar surface area (TPSA) is 23.6 Å². The fourth-order valence-electron chi connectivity index (χ4n) is 4.24. The molecular weight excluding hydrogens is 388 g/mol. The van der Waals surface area contributed by atoms with E-state index in [4.69, 9.17) is 0 Å². The van der Waals surface area contributed by atoms with E-state index >= 15 is 0 Å². The monoisotopic (exact) mass is 412 g/mol. The van der Waals surface area contributed by atoms with Crippen LogP contribution in [0.2, 0.25) is 0 Å². The highest BCUT2D eigenvalue weighted by atomic mass is 32.1. The Balaban J connectivity index is 1.27. The maximum atomic E-state index is 13.2. The van der Waals surface area contributed by atoms with Crippen molar-refractivity contribution < 1.29 is 4.79 Å². The molecule has 1 aromatic heterocycles. The Kier molecular flexibility index (Phi) is 5.35. The standard InChI is InChI=1S/C26H24N2OS/c29-26(25-24(13-18-30-25)21-7-2-1-3-8-21)28-16-14-27(15-17-28)19-22-11-6-10-20-9-4-5-12-23(20)22/h1-13,18H,14-17,19H2. The SMILES string of the molecule is O=C(c1sccc1-c1ccccc1)N1CCN(Cc2cccc3ccccc23)CC1. The van der Waals surface area contributed by atoms with Gasteiger partial charge in [0.05, 0.1) is 4.88 Å². The molecule has 0 N–H and O–H groups in total. The summed E-state index contributed by atoms with van der Waals surface area (Å²) in [5.41, 5.74) is 3.51. The van der Waals surface area contributed by atoms with E-state index in [1.807, 2.05) is 28.5 Å². The van der Waals surface area contributed by atoms with Gasteiger partial charge in [-0.05, 0) is 33.3 Å². The number of hydrogen-bond donors (Lipinski definition) is 0. The number of carbonyl (C=O) groups excluding carboxylic acids is 1. The molecule has 4 heteroatoms. The molecule has 0 saturated carbocycles. The molecule has 0 spiro atoms. The summed E-state index contributed by atoms with van der Waals surface area (Å²) in [6.07, 6.45) is 0. The Morgan fingerprint density at radius 2 is 1.53 bits per heavy atom. The van der Waals surface area contributed by atoms with Crippen molar-refractivity contribution in [2.45, 2.75) is 6.54 Å². The number of nitrogens with zero attached hydrogens (tertiary/aromatic N) is 2. The molecule has 0 unspecified atom stereocenters. The fraction of sp³-hybridized carbons (Fsp3) is 0.192. The molecule has 0 atom stereocenters. The molecule has 1 aliphatic heterocycles. The number of fused-ring (bicyclic) bond motifs is 1. The molecule has 150 valence electrons. The second-order valence-electron chi connectivity index (χ2n) is 7.74. The van der Waals surface area contributed by atoms with Gasteiger partial charge < -0.3 is 4.90 Å². The predicted molar refractivity (Wildman–Crippen MR) is 125 cm³/mol. The zero-order valence-corrected chi connectivity index (χ0v) is 17.6. The van der Waals surface area contributed by atoms with Crippen molar-refractivity contribution in [3.8, 4) is 11.1 Å². The smallest absolute Gasteiger partial charge is 0.264 e. The molecule has 1 saturated heterocycles. The molecule has 4 aromatic rings. The first-order chi connectivity index (χ1) is 14.8. The largest absolute Gasteiger partial charge is 0.335 e. The van der Waals surface area contributed by atoms with Gasteiger partial charge in [-0.1, -0.05) is 72.8 Å². The quantitative estimate of drug-likeness (QED) is 0.440. The van der Waals surface area contributed by atoms with Gasteiger partial charge in [-0.25, -0.2) is 0 Å². The highest BCUT2D eigenvalue weighted by molar-refractivity contribution is 7.12. The summed E-state index contributed by atoms with van der Waals surface area (Å²) in [7, 11) is 0. The van der Waals surface area contributed by atoms with Crippen LogP contribution in [0.15, 0.2) is 84.2 Å². The van der Waals surface area contributed by atoms with Crippen LogP contribution in [0.1, 0.15) is 15.2 Å². The first-order valence-electron chi connectivity index (χ1n) is 10.4. The average molecular weight is 413 g/mol. The van der Waals surface area contributed by atoms with Crippen LogP contribution in [0.4, 0.5) is 0 Å². The number of hydrogen-bond acceptors (Lipinski definition) is 3. The number of amides is 1. The van der Waals surface area contributed by atoms with Gasteiger partial charge in [0.1, 0.15) is 0 Å². The third kappa shape index (κ3) is 3.76. The molecule has 1 amide bonds. The zero-order chi connectivity index (χ0) is 20.3. The van der Waals surface area contributed by atoms with Crippen molar-refractivity contribution in [1.82, 2.24) is 9.80 Å². The third-order valence-corrected chi connectivity index (χ3v) is 6.78. The number of thiophene rings is 1. The summed E-state index contributed by atoms with van der Waals surface area (Å²) in [6, 6.07) is 27.3. The van der Waals surface area contributed by atoms with Gasteiger partial charge in [0.25, 0.3) is 5.91 Å². The Morgan fingerprint density at radius 3 is 2.37 bits per heavy atom. The second-order valence-corrected chi connectivity index (χ2v) is 8.65. The van der Waals surface area contributed by atoms with E-state index in [0.717, 1.165) is 48.7 Å². The van der Waals surface area contributed by atoms with E-state index in [1.165, 1.54) is 16.3 Å². The van der Waals surface area contributed by atoms with Crippen LogP contribution in [0.3, 0.4) is 0 Å². The Hall–Kier alpha value is -2.95. The van der Waals surface area contributed by atoms with Crippen molar-refractivity contribution in [2.75, 3.05) is 26.2 Å². The fourth-order valence-corrected chi connectivity index (χ4v) is 5.13. The number of rotatable bonds is 4. The van der Waals surface area contributed by atoms with Gasteiger partial charge in [-0.3, -0.25) is 9.69 Å². The zero-order valence-electron chi connectivity index (χ0n) is 16.8. The van der Waals surface area contributed by atoms with E-state index in [1.54, 1.807) is 11.3 Å². The van der Waals surface area contributed by atoms with E-state index < -0.39 is 0 Å². The van der Waals surface area contributed by atoms with E-state index in [9.17, 15) is 4.79 Å². The maximum Gasteiger partial charge on any atom is 0.264 e. The second kappa shape index (κ2) is 8.42. The van der Waals surface area contributed by atoms with Gasteiger partial charge in [0.2, 0.25) is 0 Å². The lowest BCUT2D eigenvalue weighted by atomic mass is 10.0. The summed E-state index contributed by atoms with van der Waals surface area (Å²) in [5.74, 6) is 0.161. The van der Waals surface area contributed by atoms with Crippen molar-refractivity contribution in [3.05, 3.63) is 94.7 Å². The van der Waals surface area contributed by atoms with Gasteiger partial charge >= 0.3 is 0 Å². The number of piperazine rings is 1. The summed E-state index contributed by atoms with van der Waals surface area (Å²) in [4.78, 5) is 18.5. The molecule has 2 heterocycles. The van der Waals surface area contributed by atoms with Crippen LogP contribution in [0.5, 0.6) is 0 Å². The van der Waals surface area contributed by atoms with Gasteiger partial charge in [-0.2, -0.15) is 0 Å². The summed E-state index contributed by atoms with van der Waals surface area (Å²) >= 11 is 1.55. The molecule has 1 fully saturated rings. The molecule has 0 radical (unpaired) electrons. The first kappa shape index (κ1) is 19.0. The predicted octanol–water partition coefficient (Wildman–Crippen LogP) is 5.53. The molecule has 0 aliphatic carbocycles. The molecule has 3 nitrogen and oxygen atoms in total. The minimum Gasteiger partial charge on any atom is -0.335 e. The molecule has 30 heavy (non-hydrogen) atoms. The van der Waals surface area contributed by atoms with Crippen molar-refractivity contribution in [2.24, 2.45) is 0 Å². The highest BCUT2D eigenvalue weighted by Gasteiger charge is 2.25. The Bertz CT molecular complexity index is 1150. The Labute approximate surface area is 181 Å². The van der Waals surface area contributed by atoms with E-state index in [-0.39, 0.29) is 5.91 Å². The van der Waals surface area contributed by atoms with Crippen LogP contribution in [0, 0.1) is 0 Å². The van der Waals surface area contributed by atoms with E-state index in [0.29, 0.717) is 0 Å². The van der Waals surface area contributed by atoms with Crippen molar-refractivity contribution in [1.29, 1.82) is 0 Å². The highest BCUT2D eigenvalue weighted by Crippen LogP contribution is 2.30. The first-order valence-corrected chi connectivity index (χ1v) is 11.3. The number of carbonyl (C=O) groups is 1. The van der Waals surface area contributed by atoms with Crippen LogP contribution >= 0.6 is 11.3 Å². The summed E-state index contributed by atoms with van der Waals surface area (Å²) in [5, 5.41) is 4.63. The average Bonchev–Trinajstić information content (AvgIpc) is 3.30. The van der Waals surface area contributed by atoms with Crippen LogP contribution in [0.25, 0.3) is 21.9 Å². The minimum absolute atomic E-state index is 0.161. The van der Waals surface area contributed by atoms with Gasteiger partial charge in [0.15, 0.2) is 0 Å².